The van der Waals surface area contributed by atoms with Gasteiger partial charge in [0.05, 0.1) is 12.8 Å². The number of aliphatic hydroxyl groups is 1. The molecule has 0 radical (unpaired) electrons. The second-order valence-electron chi connectivity index (χ2n) is 3.61. The molecule has 0 amide bonds. The van der Waals surface area contributed by atoms with Crippen molar-refractivity contribution in [3.63, 3.8) is 0 Å². The minimum Gasteiger partial charge on any atom is -0.481 e. The summed E-state index contributed by atoms with van der Waals surface area (Å²) in [4.78, 5) is 40.2. The average molecular weight is 350 g/mol. The predicted molar refractivity (Wildman–Crippen MR) is 73.8 cm³/mol. The molecule has 0 unspecified atom stereocenters. The van der Waals surface area contributed by atoms with Gasteiger partial charge in [-0.15, -0.1) is 12.4 Å². The minimum atomic E-state index is -2.74. The number of hydrogen-bond acceptors (Lipinski definition) is 7. The number of nitrogens with two attached hydrogens (primary N) is 1. The summed E-state index contributed by atoms with van der Waals surface area (Å²) in [5.74, 6) is -5.83. The van der Waals surface area contributed by atoms with E-state index < -0.39 is 48.4 Å². The van der Waals surface area contributed by atoms with Gasteiger partial charge in [0.2, 0.25) is 0 Å². The largest absolute Gasteiger partial charge is 0.481 e. The number of halogens is 1. The molecule has 12 heteroatoms. The van der Waals surface area contributed by atoms with E-state index in [-0.39, 0.29) is 18.2 Å². The first-order valence-corrected chi connectivity index (χ1v) is 5.58. The fourth-order valence-electron chi connectivity index (χ4n) is 0.792. The first kappa shape index (κ1) is 24.5. The van der Waals surface area contributed by atoms with Crippen molar-refractivity contribution in [1.29, 1.82) is 0 Å². The van der Waals surface area contributed by atoms with Crippen molar-refractivity contribution >= 4 is 48.9 Å². The van der Waals surface area contributed by atoms with E-state index in [9.17, 15) is 19.2 Å². The maximum absolute atomic E-state index is 10.3. The Balaban J connectivity index is -0.000000347. The third kappa shape index (κ3) is 11.9. The molecule has 0 aromatic carbocycles. The van der Waals surface area contributed by atoms with Crippen molar-refractivity contribution in [2.24, 2.45) is 5.73 Å². The molecular formula is C9H16ClNO9S. The van der Waals surface area contributed by atoms with Crippen LogP contribution in [0.2, 0.25) is 0 Å². The molecule has 0 fully saturated rings. The lowest BCUT2D eigenvalue weighted by Crippen LogP contribution is -2.42. The zero-order valence-electron chi connectivity index (χ0n) is 10.5. The topological polar surface area (TPSA) is 195 Å². The Hall–Kier alpha value is -1.56. The van der Waals surface area contributed by atoms with E-state index in [1.165, 1.54) is 0 Å². The molecular weight excluding hydrogens is 334 g/mol. The number of carboxylic acid groups (broad SMARTS) is 4. The van der Waals surface area contributed by atoms with E-state index >= 15 is 0 Å². The van der Waals surface area contributed by atoms with Crippen LogP contribution in [0.15, 0.2) is 0 Å². The number of hydrogen-bond donors (Lipinski definition) is 7. The second kappa shape index (κ2) is 11.1. The van der Waals surface area contributed by atoms with Crippen LogP contribution in [-0.4, -0.2) is 66.8 Å². The Morgan fingerprint density at radius 1 is 1.00 bits per heavy atom. The van der Waals surface area contributed by atoms with Gasteiger partial charge in [0.15, 0.2) is 5.60 Å². The molecule has 7 N–H and O–H groups in total. The van der Waals surface area contributed by atoms with Crippen molar-refractivity contribution in [3.8, 4) is 0 Å². The fourth-order valence-corrected chi connectivity index (χ4v) is 0.948. The maximum atomic E-state index is 10.3. The Morgan fingerprint density at radius 3 is 1.43 bits per heavy atom. The lowest BCUT2D eigenvalue weighted by molar-refractivity contribution is -0.170. The van der Waals surface area contributed by atoms with E-state index in [1.807, 2.05) is 0 Å². The van der Waals surface area contributed by atoms with Crippen LogP contribution in [0.25, 0.3) is 0 Å². The quantitative estimate of drug-likeness (QED) is 0.266. The summed E-state index contributed by atoms with van der Waals surface area (Å²) in [7, 11) is 0. The highest BCUT2D eigenvalue weighted by Gasteiger charge is 2.40. The van der Waals surface area contributed by atoms with Gasteiger partial charge < -0.3 is 31.3 Å². The molecule has 0 saturated heterocycles. The van der Waals surface area contributed by atoms with E-state index in [1.54, 1.807) is 0 Å². The summed E-state index contributed by atoms with van der Waals surface area (Å²) in [6, 6.07) is -0.816. The summed E-state index contributed by atoms with van der Waals surface area (Å²) in [5.41, 5.74) is 2.20. The molecule has 10 nitrogen and oxygen atoms in total. The molecule has 0 heterocycles. The molecule has 21 heavy (non-hydrogen) atoms. The van der Waals surface area contributed by atoms with Crippen LogP contribution >= 0.6 is 25.0 Å². The third-order valence-corrected chi connectivity index (χ3v) is 2.19. The monoisotopic (exact) mass is 349 g/mol. The number of thiol groups is 1. The zero-order chi connectivity index (χ0) is 16.5. The molecule has 124 valence electrons. The molecule has 0 aromatic heterocycles. The van der Waals surface area contributed by atoms with Crippen molar-refractivity contribution in [2.75, 3.05) is 5.75 Å². The molecule has 0 aliphatic carbocycles. The number of aliphatic carboxylic acids is 4. The normalized spacial score (nSPS) is 11.2. The molecule has 0 spiro atoms. The first-order valence-electron chi connectivity index (χ1n) is 4.95. The summed E-state index contributed by atoms with van der Waals surface area (Å²) >= 11 is 3.65. The molecule has 0 saturated carbocycles. The molecule has 0 bridgehead atoms. The van der Waals surface area contributed by atoms with E-state index in [0.717, 1.165) is 0 Å². The van der Waals surface area contributed by atoms with Crippen molar-refractivity contribution in [2.45, 2.75) is 24.5 Å². The van der Waals surface area contributed by atoms with Gasteiger partial charge in [-0.3, -0.25) is 14.4 Å². The van der Waals surface area contributed by atoms with Gasteiger partial charge in [0.25, 0.3) is 0 Å². The van der Waals surface area contributed by atoms with Gasteiger partial charge in [-0.1, -0.05) is 0 Å². The standard InChI is InChI=1S/C6H8O7.C3H7NO2S.ClH/c7-3(8)1-6(13,5(11)12)2-4(9)10;4-2(1-7)3(5)6;/h13H,1-2H2,(H,7,8)(H,9,10)(H,11,12);2,7H,1,4H2,(H,5,6);1H/t;2-;/m.0./s1. The Bertz CT molecular complexity index is 373. The molecule has 0 rings (SSSR count). The zero-order valence-corrected chi connectivity index (χ0v) is 12.2. The molecule has 0 aromatic rings. The van der Waals surface area contributed by atoms with Gasteiger partial charge in [-0.25, -0.2) is 4.79 Å². The molecule has 0 aliphatic rings. The van der Waals surface area contributed by atoms with E-state index in [0.29, 0.717) is 0 Å². The first-order chi connectivity index (χ1) is 8.96. The van der Waals surface area contributed by atoms with Crippen molar-refractivity contribution in [3.05, 3.63) is 0 Å². The van der Waals surface area contributed by atoms with E-state index in [2.05, 4.69) is 12.6 Å². The van der Waals surface area contributed by atoms with Crippen LogP contribution in [0.3, 0.4) is 0 Å². The van der Waals surface area contributed by atoms with Gasteiger partial charge in [0, 0.05) is 5.75 Å². The Kier molecular flexibility index (Phi) is 13.0. The Morgan fingerprint density at radius 2 is 1.33 bits per heavy atom. The predicted octanol–water partition coefficient (Wildman–Crippen LogP) is -1.50. The molecule has 1 atom stereocenters. The third-order valence-electron chi connectivity index (χ3n) is 1.80. The van der Waals surface area contributed by atoms with Gasteiger partial charge in [-0.2, -0.15) is 12.6 Å². The summed E-state index contributed by atoms with van der Waals surface area (Å²) in [5, 5.41) is 41.8. The number of carboxylic acids is 4. The summed E-state index contributed by atoms with van der Waals surface area (Å²) in [6.45, 7) is 0. The fraction of sp³-hybridized carbons (Fsp3) is 0.556. The van der Waals surface area contributed by atoms with Gasteiger partial charge >= 0.3 is 23.9 Å². The van der Waals surface area contributed by atoms with Gasteiger partial charge in [0.1, 0.15) is 6.04 Å². The highest BCUT2D eigenvalue weighted by molar-refractivity contribution is 7.80. The number of rotatable bonds is 7. The Labute approximate surface area is 130 Å². The van der Waals surface area contributed by atoms with Crippen LogP contribution in [0, 0.1) is 0 Å². The lowest BCUT2D eigenvalue weighted by Gasteiger charge is -2.18. The highest BCUT2D eigenvalue weighted by Crippen LogP contribution is 2.15. The van der Waals surface area contributed by atoms with E-state index in [4.69, 9.17) is 31.3 Å². The molecule has 0 aliphatic heterocycles. The van der Waals surface area contributed by atoms with Crippen LogP contribution < -0.4 is 5.73 Å². The van der Waals surface area contributed by atoms with Crippen LogP contribution in [-0.2, 0) is 19.2 Å². The summed E-state index contributed by atoms with van der Waals surface area (Å²) < 4.78 is 0. The smallest absolute Gasteiger partial charge is 0.336 e. The highest BCUT2D eigenvalue weighted by atomic mass is 35.5. The van der Waals surface area contributed by atoms with Gasteiger partial charge in [-0.05, 0) is 0 Å². The SMILES string of the molecule is Cl.N[C@@H](CS)C(=O)O.O=C(O)CC(O)(CC(=O)O)C(=O)O. The maximum Gasteiger partial charge on any atom is 0.336 e. The lowest BCUT2D eigenvalue weighted by atomic mass is 9.96. The van der Waals surface area contributed by atoms with Crippen LogP contribution in [0.4, 0.5) is 0 Å². The van der Waals surface area contributed by atoms with Crippen molar-refractivity contribution in [1.82, 2.24) is 0 Å². The number of carbonyl (C=O) groups is 4. The average Bonchev–Trinajstić information content (AvgIpc) is 2.26. The second-order valence-corrected chi connectivity index (χ2v) is 3.97. The van der Waals surface area contributed by atoms with Crippen molar-refractivity contribution < 1.29 is 44.7 Å². The minimum absolute atomic E-state index is 0. The van der Waals surface area contributed by atoms with Crippen LogP contribution in [0.5, 0.6) is 0 Å². The van der Waals surface area contributed by atoms with Crippen LogP contribution in [0.1, 0.15) is 12.8 Å². The summed E-state index contributed by atoms with van der Waals surface area (Å²) in [6.07, 6.45) is -2.29.